The number of esters is 1. The van der Waals surface area contributed by atoms with Crippen LogP contribution in [0.3, 0.4) is 0 Å². The molecule has 2 aromatic carbocycles. The Morgan fingerprint density at radius 3 is 2.51 bits per heavy atom. The van der Waals surface area contributed by atoms with Crippen LogP contribution in [0.25, 0.3) is 11.3 Å². The Hall–Kier alpha value is -2.61. The third kappa shape index (κ3) is 5.29. The summed E-state index contributed by atoms with van der Waals surface area (Å²) >= 11 is 13.0. The molecular formula is C30H31Cl2FN2O4. The van der Waals surface area contributed by atoms with E-state index in [1.54, 1.807) is 39.0 Å². The summed E-state index contributed by atoms with van der Waals surface area (Å²) in [6.45, 7) is 6.43. The van der Waals surface area contributed by atoms with Gasteiger partial charge >= 0.3 is 5.97 Å². The van der Waals surface area contributed by atoms with Crippen molar-refractivity contribution in [2.75, 3.05) is 11.4 Å². The fraction of sp³-hybridized carbons (Fsp3) is 0.467. The summed E-state index contributed by atoms with van der Waals surface area (Å²) in [5.74, 6) is 0.328. The van der Waals surface area contributed by atoms with Crippen LogP contribution >= 0.6 is 23.2 Å². The molecule has 0 unspecified atom stereocenters. The van der Waals surface area contributed by atoms with Gasteiger partial charge in [-0.15, -0.1) is 0 Å². The number of aromatic nitrogens is 1. The summed E-state index contributed by atoms with van der Waals surface area (Å²) in [6, 6.07) is 10.4. The number of benzene rings is 2. The molecule has 39 heavy (non-hydrogen) atoms. The monoisotopic (exact) mass is 572 g/mol. The van der Waals surface area contributed by atoms with Crippen molar-refractivity contribution in [2.45, 2.75) is 76.7 Å². The summed E-state index contributed by atoms with van der Waals surface area (Å²) in [5, 5.41) is 5.42. The van der Waals surface area contributed by atoms with E-state index < -0.39 is 17.4 Å². The van der Waals surface area contributed by atoms with Crippen molar-refractivity contribution in [3.63, 3.8) is 0 Å². The van der Waals surface area contributed by atoms with Gasteiger partial charge in [0, 0.05) is 41.2 Å². The van der Waals surface area contributed by atoms with Crippen LogP contribution in [0, 0.1) is 11.7 Å². The minimum Gasteiger partial charge on any atom is -0.456 e. The Kier molecular flexibility index (Phi) is 6.89. The predicted molar refractivity (Wildman–Crippen MR) is 148 cm³/mol. The molecule has 0 N–H and O–H groups in total. The quantitative estimate of drug-likeness (QED) is 0.269. The van der Waals surface area contributed by atoms with Crippen LogP contribution in [-0.2, 0) is 16.1 Å². The number of anilines is 1. The molecule has 0 amide bonds. The van der Waals surface area contributed by atoms with Crippen molar-refractivity contribution in [3.8, 4) is 11.3 Å². The molecule has 206 valence electrons. The van der Waals surface area contributed by atoms with E-state index in [-0.39, 0.29) is 17.7 Å². The molecule has 0 radical (unpaired) electrons. The van der Waals surface area contributed by atoms with E-state index in [2.05, 4.69) is 10.1 Å². The molecule has 9 heteroatoms. The number of ether oxygens (including phenoxy) is 2. The molecular weight excluding hydrogens is 542 g/mol. The standard InChI is InChI=1S/C30H31Cl2FN2O4/c1-30(2,3)38-29(36)20-10-9-18(12-24(20)33)35-14-17-11-19(35)13-25(17)37-15-21-27(34-39-28(21)16-7-8-16)26-22(31)5-4-6-23(26)32/h4-6,9-10,12,16-17,19,25H,7-8,11,13-15H2,1-3H3/t17-,19-,25+/m0/s1. The van der Waals surface area contributed by atoms with Crippen LogP contribution < -0.4 is 4.90 Å². The Labute approximate surface area is 237 Å². The Balaban J connectivity index is 1.14. The molecule has 3 aromatic rings. The number of hydrogen-bond acceptors (Lipinski definition) is 6. The highest BCUT2D eigenvalue weighted by Crippen LogP contribution is 2.47. The molecule has 6 rings (SSSR count). The second-order valence-corrected chi connectivity index (χ2v) is 12.6. The average molecular weight is 573 g/mol. The zero-order valence-electron chi connectivity index (χ0n) is 22.2. The lowest BCUT2D eigenvalue weighted by molar-refractivity contribution is 0.00647. The van der Waals surface area contributed by atoms with Crippen molar-refractivity contribution < 1.29 is 23.2 Å². The normalized spacial score (nSPS) is 22.5. The van der Waals surface area contributed by atoms with Crippen LogP contribution in [0.2, 0.25) is 10.0 Å². The number of carbonyl (C=O) groups is 1. The van der Waals surface area contributed by atoms with Crippen LogP contribution in [0.5, 0.6) is 0 Å². The fourth-order valence-corrected chi connectivity index (χ4v) is 6.42. The topological polar surface area (TPSA) is 64.8 Å². The SMILES string of the molecule is CC(C)(C)OC(=O)c1ccc(N2C[C@@H]3C[C@H]2C[C@H]3OCc2c(-c3c(Cl)cccc3Cl)noc2C2CC2)cc1F. The molecule has 6 nitrogen and oxygen atoms in total. The van der Waals surface area contributed by atoms with Crippen molar-refractivity contribution in [2.24, 2.45) is 5.92 Å². The first kappa shape index (κ1) is 26.6. The van der Waals surface area contributed by atoms with Crippen molar-refractivity contribution in [3.05, 3.63) is 69.1 Å². The third-order valence-corrected chi connectivity index (χ3v) is 8.42. The highest BCUT2D eigenvalue weighted by molar-refractivity contribution is 6.39. The molecule has 2 aliphatic carbocycles. The van der Waals surface area contributed by atoms with Crippen LogP contribution in [-0.4, -0.2) is 35.4 Å². The van der Waals surface area contributed by atoms with E-state index in [9.17, 15) is 9.18 Å². The lowest BCUT2D eigenvalue weighted by Gasteiger charge is -2.33. The zero-order valence-corrected chi connectivity index (χ0v) is 23.7. The summed E-state index contributed by atoms with van der Waals surface area (Å²) in [6.07, 6.45) is 4.04. The predicted octanol–water partition coefficient (Wildman–Crippen LogP) is 7.80. The summed E-state index contributed by atoms with van der Waals surface area (Å²) in [4.78, 5) is 14.6. The van der Waals surface area contributed by atoms with Gasteiger partial charge in [0.05, 0.1) is 28.3 Å². The van der Waals surface area contributed by atoms with Gasteiger partial charge in [-0.2, -0.15) is 0 Å². The highest BCUT2D eigenvalue weighted by atomic mass is 35.5. The molecule has 0 spiro atoms. The van der Waals surface area contributed by atoms with Gasteiger partial charge in [-0.25, -0.2) is 9.18 Å². The van der Waals surface area contributed by atoms with Crippen molar-refractivity contribution in [1.82, 2.24) is 5.16 Å². The number of carbonyl (C=O) groups excluding carboxylic acids is 1. The van der Waals surface area contributed by atoms with Gasteiger partial charge in [0.15, 0.2) is 0 Å². The van der Waals surface area contributed by atoms with E-state index >= 15 is 0 Å². The lowest BCUT2D eigenvalue weighted by Crippen LogP contribution is -2.38. The maximum absolute atomic E-state index is 14.9. The van der Waals surface area contributed by atoms with Gasteiger partial charge in [-0.1, -0.05) is 34.4 Å². The molecule has 3 fully saturated rings. The molecule has 2 saturated carbocycles. The number of halogens is 3. The van der Waals surface area contributed by atoms with Gasteiger partial charge in [0.2, 0.25) is 0 Å². The molecule has 3 atom stereocenters. The smallest absolute Gasteiger partial charge is 0.341 e. The first-order chi connectivity index (χ1) is 18.6. The number of rotatable bonds is 7. The van der Waals surface area contributed by atoms with E-state index in [1.165, 1.54) is 12.1 Å². The van der Waals surface area contributed by atoms with Gasteiger partial charge in [0.25, 0.3) is 0 Å². The second kappa shape index (κ2) is 10.1. The number of piperidine rings is 1. The number of fused-ring (bicyclic) bond motifs is 2. The molecule has 2 heterocycles. The largest absolute Gasteiger partial charge is 0.456 e. The van der Waals surface area contributed by atoms with E-state index in [1.807, 2.05) is 6.07 Å². The van der Waals surface area contributed by atoms with E-state index in [4.69, 9.17) is 37.2 Å². The molecule has 3 aliphatic rings. The minimum absolute atomic E-state index is 0.0474. The third-order valence-electron chi connectivity index (χ3n) is 7.79. The fourth-order valence-electron chi connectivity index (χ4n) is 5.85. The number of hydrogen-bond donors (Lipinski definition) is 0. The summed E-state index contributed by atoms with van der Waals surface area (Å²) in [5.41, 5.74) is 2.29. The minimum atomic E-state index is -0.683. The van der Waals surface area contributed by atoms with Gasteiger partial charge in [-0.3, -0.25) is 0 Å². The molecule has 1 aromatic heterocycles. The van der Waals surface area contributed by atoms with Gasteiger partial charge < -0.3 is 18.9 Å². The van der Waals surface area contributed by atoms with E-state index in [0.29, 0.717) is 39.7 Å². The van der Waals surface area contributed by atoms with Crippen molar-refractivity contribution >= 4 is 34.9 Å². The highest BCUT2D eigenvalue weighted by Gasteiger charge is 2.46. The first-order valence-corrected chi connectivity index (χ1v) is 14.2. The van der Waals surface area contributed by atoms with Gasteiger partial charge in [0.1, 0.15) is 22.9 Å². The maximum atomic E-state index is 14.9. The molecule has 2 bridgehead atoms. The van der Waals surface area contributed by atoms with Crippen LogP contribution in [0.1, 0.15) is 74.1 Å². The Bertz CT molecular complexity index is 1390. The van der Waals surface area contributed by atoms with Crippen molar-refractivity contribution in [1.29, 1.82) is 0 Å². The average Bonchev–Trinajstić information content (AvgIpc) is 3.32. The summed E-state index contributed by atoms with van der Waals surface area (Å²) in [7, 11) is 0. The first-order valence-electron chi connectivity index (χ1n) is 13.4. The van der Waals surface area contributed by atoms with Crippen LogP contribution in [0.4, 0.5) is 10.1 Å². The van der Waals surface area contributed by atoms with Crippen LogP contribution in [0.15, 0.2) is 40.9 Å². The summed E-state index contributed by atoms with van der Waals surface area (Å²) < 4.78 is 32.5. The lowest BCUT2D eigenvalue weighted by atomic mass is 10.0. The van der Waals surface area contributed by atoms with E-state index in [0.717, 1.165) is 49.2 Å². The number of nitrogens with zero attached hydrogens (tertiary/aromatic N) is 2. The maximum Gasteiger partial charge on any atom is 0.341 e. The Morgan fingerprint density at radius 2 is 1.90 bits per heavy atom. The Morgan fingerprint density at radius 1 is 1.15 bits per heavy atom. The zero-order chi connectivity index (χ0) is 27.5. The van der Waals surface area contributed by atoms with Gasteiger partial charge in [-0.05, 0) is 76.8 Å². The second-order valence-electron chi connectivity index (χ2n) is 11.8. The molecule has 1 saturated heterocycles. The molecule has 1 aliphatic heterocycles.